The summed E-state index contributed by atoms with van der Waals surface area (Å²) in [6.45, 7) is 3.85. The van der Waals surface area contributed by atoms with E-state index in [0.717, 1.165) is 16.6 Å². The largest absolute Gasteiger partial charge is 0.493 e. The minimum atomic E-state index is -3.01. The molecule has 0 radical (unpaired) electrons. The molecule has 24 heavy (non-hydrogen) atoms. The highest BCUT2D eigenvalue weighted by molar-refractivity contribution is 7.91. The molecule has 3 rings (SSSR count). The lowest BCUT2D eigenvalue weighted by Gasteiger charge is -2.02. The van der Waals surface area contributed by atoms with Crippen molar-refractivity contribution < 1.29 is 18.3 Å². The van der Waals surface area contributed by atoms with Gasteiger partial charge in [-0.25, -0.2) is 8.42 Å². The van der Waals surface area contributed by atoms with Gasteiger partial charge in [0.1, 0.15) is 0 Å². The number of aromatic hydroxyl groups is 1. The summed E-state index contributed by atoms with van der Waals surface area (Å²) >= 11 is 0. The Kier molecular flexibility index (Phi) is 4.16. The molecule has 1 aliphatic rings. The number of carbonyl (C=O) groups is 1. The van der Waals surface area contributed by atoms with Crippen LogP contribution in [0.5, 0.6) is 5.88 Å². The molecule has 2 aromatic rings. The first kappa shape index (κ1) is 16.6. The Morgan fingerprint density at radius 1 is 1.38 bits per heavy atom. The van der Waals surface area contributed by atoms with Crippen LogP contribution in [0.1, 0.15) is 24.0 Å². The van der Waals surface area contributed by atoms with Gasteiger partial charge in [0, 0.05) is 11.8 Å². The molecule has 7 nitrogen and oxygen atoms in total. The lowest BCUT2D eigenvalue weighted by atomic mass is 10.1. The highest BCUT2D eigenvalue weighted by atomic mass is 32.2. The fraction of sp³-hybridized carbons (Fsp3) is 0.438. The van der Waals surface area contributed by atoms with E-state index < -0.39 is 15.7 Å². The summed E-state index contributed by atoms with van der Waals surface area (Å²) in [5, 5.41) is 18.3. The third-order valence-corrected chi connectivity index (χ3v) is 6.09. The number of aromatic nitrogens is 1. The van der Waals surface area contributed by atoms with Crippen LogP contribution in [0.2, 0.25) is 0 Å². The minimum absolute atomic E-state index is 0.0327. The van der Waals surface area contributed by atoms with Crippen molar-refractivity contribution >= 4 is 32.3 Å². The number of amides is 1. The van der Waals surface area contributed by atoms with Crippen molar-refractivity contribution in [2.45, 2.75) is 26.7 Å². The summed E-state index contributed by atoms with van der Waals surface area (Å²) in [6.07, 6.45) is 0.546. The molecule has 0 bridgehead atoms. The van der Waals surface area contributed by atoms with E-state index in [-0.39, 0.29) is 35.4 Å². The minimum Gasteiger partial charge on any atom is -0.493 e. The number of benzene rings is 1. The van der Waals surface area contributed by atoms with E-state index in [1.165, 1.54) is 0 Å². The molecule has 1 aromatic heterocycles. The van der Waals surface area contributed by atoms with Gasteiger partial charge in [0.2, 0.25) is 5.88 Å². The van der Waals surface area contributed by atoms with Crippen molar-refractivity contribution in [3.63, 3.8) is 0 Å². The lowest BCUT2D eigenvalue weighted by molar-refractivity contribution is -0.119. The molecule has 2 heterocycles. The summed E-state index contributed by atoms with van der Waals surface area (Å²) in [7, 11) is -3.01. The smallest absolute Gasteiger partial charge is 0.265 e. The maximum Gasteiger partial charge on any atom is 0.265 e. The summed E-state index contributed by atoms with van der Waals surface area (Å²) < 4.78 is 22.8. The van der Waals surface area contributed by atoms with Crippen LogP contribution in [0.3, 0.4) is 0 Å². The van der Waals surface area contributed by atoms with E-state index in [0.29, 0.717) is 11.8 Å². The van der Waals surface area contributed by atoms with Gasteiger partial charge in [0.25, 0.3) is 5.91 Å². The van der Waals surface area contributed by atoms with Gasteiger partial charge in [-0.05, 0) is 37.8 Å². The predicted octanol–water partition coefficient (Wildman–Crippen LogP) is 2.93. The average molecular weight is 349 g/mol. The third kappa shape index (κ3) is 3.33. The molecule has 128 valence electrons. The molecule has 1 amide bonds. The molecular weight excluding hydrogens is 330 g/mol. The normalized spacial score (nSPS) is 20.2. The van der Waals surface area contributed by atoms with Gasteiger partial charge >= 0.3 is 0 Å². The van der Waals surface area contributed by atoms with Crippen molar-refractivity contribution in [1.82, 2.24) is 4.98 Å². The highest BCUT2D eigenvalue weighted by Crippen LogP contribution is 2.37. The first-order valence-electron chi connectivity index (χ1n) is 7.72. The Bertz CT molecular complexity index is 944. The molecule has 1 unspecified atom stereocenters. The van der Waals surface area contributed by atoms with Crippen LogP contribution in [-0.4, -0.2) is 35.9 Å². The number of hydrogen-bond donors (Lipinski definition) is 2. The van der Waals surface area contributed by atoms with Crippen LogP contribution in [0, 0.1) is 19.8 Å². The number of hydrogen-bond acceptors (Lipinski definition) is 5. The van der Waals surface area contributed by atoms with Crippen LogP contribution < -0.4 is 0 Å². The maximum atomic E-state index is 11.9. The first-order chi connectivity index (χ1) is 11.2. The van der Waals surface area contributed by atoms with Gasteiger partial charge in [-0.1, -0.05) is 11.6 Å². The number of aryl methyl sites for hydroxylation is 2. The van der Waals surface area contributed by atoms with Crippen LogP contribution in [0.15, 0.2) is 22.4 Å². The van der Waals surface area contributed by atoms with Gasteiger partial charge in [-0.15, -0.1) is 10.2 Å². The molecule has 1 fully saturated rings. The first-order valence-corrected chi connectivity index (χ1v) is 9.54. The van der Waals surface area contributed by atoms with Crippen LogP contribution in [0.25, 0.3) is 10.9 Å². The SMILES string of the molecule is Cc1cc(C)c2[nH]c(O)c(N=NC(=O)CC3CCS(=O)(=O)C3)c2c1. The summed E-state index contributed by atoms with van der Waals surface area (Å²) in [6, 6.07) is 3.84. The van der Waals surface area contributed by atoms with Crippen LogP contribution >= 0.6 is 0 Å². The number of nitrogens with one attached hydrogen (secondary N) is 1. The standard InChI is InChI=1S/C16H19N3O4S/c1-9-5-10(2)14-12(6-9)15(16(21)17-14)19-18-13(20)7-11-3-4-24(22,23)8-11/h5-6,11,17,21H,3-4,7-8H2,1-2H3. The topological polar surface area (TPSA) is 112 Å². The van der Waals surface area contributed by atoms with Crippen LogP contribution in [-0.2, 0) is 14.6 Å². The Morgan fingerprint density at radius 2 is 2.12 bits per heavy atom. The monoisotopic (exact) mass is 349 g/mol. The molecule has 1 atom stereocenters. The zero-order valence-corrected chi connectivity index (χ0v) is 14.4. The second kappa shape index (κ2) is 6.01. The predicted molar refractivity (Wildman–Crippen MR) is 90.3 cm³/mol. The Labute approximate surface area is 139 Å². The molecule has 0 saturated carbocycles. The fourth-order valence-corrected chi connectivity index (χ4v) is 5.02. The summed E-state index contributed by atoms with van der Waals surface area (Å²) in [5.41, 5.74) is 2.95. The van der Waals surface area contributed by atoms with E-state index >= 15 is 0 Å². The molecule has 1 saturated heterocycles. The molecule has 0 aliphatic carbocycles. The van der Waals surface area contributed by atoms with E-state index in [1.807, 2.05) is 26.0 Å². The van der Waals surface area contributed by atoms with E-state index in [4.69, 9.17) is 0 Å². The van der Waals surface area contributed by atoms with Crippen LogP contribution in [0.4, 0.5) is 5.69 Å². The van der Waals surface area contributed by atoms with Gasteiger partial charge in [-0.2, -0.15) is 0 Å². The number of nitrogens with zero attached hydrogens (tertiary/aromatic N) is 2. The second-order valence-electron chi connectivity index (χ2n) is 6.39. The number of sulfone groups is 1. The van der Waals surface area contributed by atoms with Crippen molar-refractivity contribution in [1.29, 1.82) is 0 Å². The fourth-order valence-electron chi connectivity index (χ4n) is 3.15. The number of aromatic amines is 1. The molecule has 1 aliphatic heterocycles. The quantitative estimate of drug-likeness (QED) is 0.830. The maximum absolute atomic E-state index is 11.9. The molecular formula is C16H19N3O4S. The van der Waals surface area contributed by atoms with Crippen molar-refractivity contribution in [3.8, 4) is 5.88 Å². The number of azo groups is 1. The average Bonchev–Trinajstić information content (AvgIpc) is 2.96. The van der Waals surface area contributed by atoms with E-state index in [2.05, 4.69) is 15.2 Å². The third-order valence-electron chi connectivity index (χ3n) is 4.25. The lowest BCUT2D eigenvalue weighted by Crippen LogP contribution is -2.08. The van der Waals surface area contributed by atoms with E-state index in [1.54, 1.807) is 0 Å². The Morgan fingerprint density at radius 3 is 2.79 bits per heavy atom. The number of carbonyl (C=O) groups excluding carboxylic acids is 1. The second-order valence-corrected chi connectivity index (χ2v) is 8.62. The van der Waals surface area contributed by atoms with Gasteiger partial charge in [-0.3, -0.25) is 4.79 Å². The van der Waals surface area contributed by atoms with Crippen molar-refractivity contribution in [2.24, 2.45) is 16.1 Å². The molecule has 2 N–H and O–H groups in total. The summed E-state index contributed by atoms with van der Waals surface area (Å²) in [5.74, 6) is -0.647. The zero-order chi connectivity index (χ0) is 17.5. The molecule has 8 heteroatoms. The Balaban J connectivity index is 1.80. The molecule has 0 spiro atoms. The van der Waals surface area contributed by atoms with E-state index in [9.17, 15) is 18.3 Å². The summed E-state index contributed by atoms with van der Waals surface area (Å²) in [4.78, 5) is 14.8. The number of fused-ring (bicyclic) bond motifs is 1. The zero-order valence-electron chi connectivity index (χ0n) is 13.5. The van der Waals surface area contributed by atoms with Crippen molar-refractivity contribution in [2.75, 3.05) is 11.5 Å². The van der Waals surface area contributed by atoms with Gasteiger partial charge < -0.3 is 10.1 Å². The van der Waals surface area contributed by atoms with Gasteiger partial charge in [0.05, 0.1) is 17.0 Å². The number of H-pyrrole nitrogens is 1. The Hall–Kier alpha value is -2.22. The number of rotatable bonds is 3. The molecule has 1 aromatic carbocycles. The highest BCUT2D eigenvalue weighted by Gasteiger charge is 2.29. The van der Waals surface area contributed by atoms with Crippen molar-refractivity contribution in [3.05, 3.63) is 23.3 Å². The van der Waals surface area contributed by atoms with Gasteiger partial charge in [0.15, 0.2) is 15.5 Å².